The molecule has 0 amide bonds. The van der Waals surface area contributed by atoms with Crippen LogP contribution in [0, 0.1) is 0 Å². The molecule has 0 atom stereocenters. The molecule has 0 fully saturated rings. The first kappa shape index (κ1) is 14.5. The maximum atomic E-state index is 10.9. The zero-order valence-corrected chi connectivity index (χ0v) is 12.2. The first-order valence-electron chi connectivity index (χ1n) is 5.35. The van der Waals surface area contributed by atoms with E-state index >= 15 is 0 Å². The molecule has 0 aromatic heterocycles. The van der Waals surface area contributed by atoms with E-state index in [4.69, 9.17) is 5.11 Å². The van der Waals surface area contributed by atoms with Crippen LogP contribution >= 0.6 is 23.5 Å². The minimum Gasteiger partial charge on any atom is -0.481 e. The molecule has 0 aliphatic rings. The van der Waals surface area contributed by atoms with Crippen LogP contribution in [-0.2, 0) is 10.2 Å². The molecule has 0 spiro atoms. The van der Waals surface area contributed by atoms with Gasteiger partial charge in [-0.1, -0.05) is 19.9 Å². The number of rotatable bonds is 5. The normalized spacial score (nSPS) is 11.5. The van der Waals surface area contributed by atoms with Crippen molar-refractivity contribution >= 4 is 29.5 Å². The fourth-order valence-corrected chi connectivity index (χ4v) is 3.15. The zero-order valence-electron chi connectivity index (χ0n) is 10.6. The van der Waals surface area contributed by atoms with Crippen LogP contribution in [0.15, 0.2) is 28.0 Å². The fourth-order valence-electron chi connectivity index (χ4n) is 1.83. The molecule has 0 saturated heterocycles. The zero-order chi connectivity index (χ0) is 13.1. The summed E-state index contributed by atoms with van der Waals surface area (Å²) in [5.74, 6) is -0.754. The molecule has 1 N–H and O–H groups in total. The van der Waals surface area contributed by atoms with Crippen molar-refractivity contribution in [2.75, 3.05) is 12.5 Å². The Morgan fingerprint density at radius 1 is 1.29 bits per heavy atom. The van der Waals surface area contributed by atoms with Gasteiger partial charge in [-0.2, -0.15) is 0 Å². The van der Waals surface area contributed by atoms with Gasteiger partial charge in [0.05, 0.1) is 6.42 Å². The van der Waals surface area contributed by atoms with Crippen molar-refractivity contribution < 1.29 is 9.90 Å². The number of carboxylic acid groups (broad SMARTS) is 1. The van der Waals surface area contributed by atoms with Crippen molar-refractivity contribution in [3.63, 3.8) is 0 Å². The highest BCUT2D eigenvalue weighted by Crippen LogP contribution is 2.36. The summed E-state index contributed by atoms with van der Waals surface area (Å²) in [5, 5.41) is 8.96. The summed E-state index contributed by atoms with van der Waals surface area (Å²) in [6.45, 7) is 3.96. The number of carbonyl (C=O) groups is 1. The van der Waals surface area contributed by atoms with Crippen LogP contribution in [0.3, 0.4) is 0 Å². The molecule has 17 heavy (non-hydrogen) atoms. The second-order valence-corrected chi connectivity index (χ2v) is 6.25. The number of benzene rings is 1. The van der Waals surface area contributed by atoms with E-state index in [1.807, 2.05) is 26.4 Å². The predicted molar refractivity (Wildman–Crippen MR) is 75.3 cm³/mol. The molecule has 0 unspecified atom stereocenters. The van der Waals surface area contributed by atoms with Crippen LogP contribution in [0.4, 0.5) is 0 Å². The summed E-state index contributed by atoms with van der Waals surface area (Å²) in [4.78, 5) is 13.3. The number of carboxylic acids is 1. The van der Waals surface area contributed by atoms with E-state index in [1.54, 1.807) is 23.5 Å². The SMILES string of the molecule is CSc1ccc(C(C)(C)CC(=O)O)c(SC)c1. The highest BCUT2D eigenvalue weighted by atomic mass is 32.2. The van der Waals surface area contributed by atoms with Gasteiger partial charge in [0.15, 0.2) is 0 Å². The van der Waals surface area contributed by atoms with Crippen LogP contribution in [0.25, 0.3) is 0 Å². The van der Waals surface area contributed by atoms with Gasteiger partial charge in [0.2, 0.25) is 0 Å². The van der Waals surface area contributed by atoms with E-state index in [-0.39, 0.29) is 11.8 Å². The lowest BCUT2D eigenvalue weighted by atomic mass is 9.81. The summed E-state index contributed by atoms with van der Waals surface area (Å²) in [7, 11) is 0. The minimum absolute atomic E-state index is 0.152. The summed E-state index contributed by atoms with van der Waals surface area (Å²) in [6, 6.07) is 6.25. The topological polar surface area (TPSA) is 37.3 Å². The molecule has 0 saturated carbocycles. The number of aliphatic carboxylic acids is 1. The van der Waals surface area contributed by atoms with Crippen LogP contribution in [0.1, 0.15) is 25.8 Å². The van der Waals surface area contributed by atoms with Crippen molar-refractivity contribution in [1.82, 2.24) is 0 Å². The Kier molecular flexibility index (Phi) is 4.95. The van der Waals surface area contributed by atoms with Crippen LogP contribution in [-0.4, -0.2) is 23.6 Å². The van der Waals surface area contributed by atoms with Gasteiger partial charge in [0.1, 0.15) is 0 Å². The Morgan fingerprint density at radius 3 is 2.41 bits per heavy atom. The average Bonchev–Trinajstić information content (AvgIpc) is 2.26. The summed E-state index contributed by atoms with van der Waals surface area (Å²) < 4.78 is 0. The third-order valence-electron chi connectivity index (χ3n) is 2.73. The minimum atomic E-state index is -0.754. The van der Waals surface area contributed by atoms with Crippen molar-refractivity contribution in [2.45, 2.75) is 35.5 Å². The first-order chi connectivity index (χ1) is 7.90. The molecule has 4 heteroatoms. The van der Waals surface area contributed by atoms with Crippen molar-refractivity contribution in [3.8, 4) is 0 Å². The molecule has 0 bridgehead atoms. The number of hydrogen-bond donors (Lipinski definition) is 1. The van der Waals surface area contributed by atoms with Gasteiger partial charge in [-0.05, 0) is 30.2 Å². The molecule has 1 aromatic carbocycles. The molecule has 0 radical (unpaired) electrons. The predicted octanol–water partition coefficient (Wildman–Crippen LogP) is 3.88. The van der Waals surface area contributed by atoms with E-state index in [0.29, 0.717) is 0 Å². The quantitative estimate of drug-likeness (QED) is 0.824. The standard InChI is InChI=1S/C13H18O2S2/c1-13(2,8-12(14)15)10-6-5-9(16-3)7-11(10)17-4/h5-7H,8H2,1-4H3,(H,14,15). The highest BCUT2D eigenvalue weighted by molar-refractivity contribution is 7.99. The molecule has 2 nitrogen and oxygen atoms in total. The monoisotopic (exact) mass is 270 g/mol. The Hall–Kier alpha value is -0.610. The van der Waals surface area contributed by atoms with Crippen LogP contribution in [0.2, 0.25) is 0 Å². The third-order valence-corrected chi connectivity index (χ3v) is 4.23. The van der Waals surface area contributed by atoms with Gasteiger partial charge in [0, 0.05) is 15.2 Å². The molecule has 0 aliphatic heterocycles. The lowest BCUT2D eigenvalue weighted by Gasteiger charge is -2.25. The van der Waals surface area contributed by atoms with Crippen LogP contribution in [0.5, 0.6) is 0 Å². The average molecular weight is 270 g/mol. The Balaban J connectivity index is 3.16. The van der Waals surface area contributed by atoms with E-state index in [0.717, 1.165) is 5.56 Å². The van der Waals surface area contributed by atoms with E-state index < -0.39 is 5.97 Å². The molecular formula is C13H18O2S2. The Morgan fingerprint density at radius 2 is 1.94 bits per heavy atom. The van der Waals surface area contributed by atoms with E-state index in [9.17, 15) is 4.79 Å². The molecule has 94 valence electrons. The summed E-state index contributed by atoms with van der Waals surface area (Å²) in [6.07, 6.45) is 4.22. The largest absolute Gasteiger partial charge is 0.481 e. The van der Waals surface area contributed by atoms with Crippen molar-refractivity contribution in [2.24, 2.45) is 0 Å². The molecule has 1 rings (SSSR count). The van der Waals surface area contributed by atoms with Gasteiger partial charge in [0.25, 0.3) is 0 Å². The number of thioether (sulfide) groups is 2. The lowest BCUT2D eigenvalue weighted by Crippen LogP contribution is -2.22. The summed E-state index contributed by atoms with van der Waals surface area (Å²) in [5.41, 5.74) is 0.784. The van der Waals surface area contributed by atoms with Crippen molar-refractivity contribution in [1.29, 1.82) is 0 Å². The Labute approximate surface area is 111 Å². The van der Waals surface area contributed by atoms with E-state index in [2.05, 4.69) is 18.2 Å². The van der Waals surface area contributed by atoms with Gasteiger partial charge in [-0.15, -0.1) is 23.5 Å². The second-order valence-electron chi connectivity index (χ2n) is 4.52. The van der Waals surface area contributed by atoms with E-state index in [1.165, 1.54) is 9.79 Å². The van der Waals surface area contributed by atoms with Gasteiger partial charge >= 0.3 is 5.97 Å². The van der Waals surface area contributed by atoms with Crippen molar-refractivity contribution in [3.05, 3.63) is 23.8 Å². The smallest absolute Gasteiger partial charge is 0.304 e. The number of hydrogen-bond acceptors (Lipinski definition) is 3. The molecular weight excluding hydrogens is 252 g/mol. The molecule has 1 aromatic rings. The first-order valence-corrected chi connectivity index (χ1v) is 7.80. The molecule has 0 aliphatic carbocycles. The highest BCUT2D eigenvalue weighted by Gasteiger charge is 2.26. The maximum absolute atomic E-state index is 10.9. The molecule has 0 heterocycles. The maximum Gasteiger partial charge on any atom is 0.304 e. The second kappa shape index (κ2) is 5.83. The Bertz CT molecular complexity index is 414. The van der Waals surface area contributed by atoms with Gasteiger partial charge in [-0.3, -0.25) is 4.79 Å². The lowest BCUT2D eigenvalue weighted by molar-refractivity contribution is -0.138. The van der Waals surface area contributed by atoms with Gasteiger partial charge < -0.3 is 5.11 Å². The van der Waals surface area contributed by atoms with Gasteiger partial charge in [-0.25, -0.2) is 0 Å². The van der Waals surface area contributed by atoms with Crippen LogP contribution < -0.4 is 0 Å². The fraction of sp³-hybridized carbons (Fsp3) is 0.462. The third kappa shape index (κ3) is 3.68. The summed E-state index contributed by atoms with van der Waals surface area (Å²) >= 11 is 3.37.